The van der Waals surface area contributed by atoms with Gasteiger partial charge in [0.2, 0.25) is 5.91 Å². The van der Waals surface area contributed by atoms with Crippen LogP contribution in [0.2, 0.25) is 0 Å². The van der Waals surface area contributed by atoms with Gasteiger partial charge in [0, 0.05) is 6.04 Å². The van der Waals surface area contributed by atoms with Crippen molar-refractivity contribution in [1.29, 1.82) is 0 Å². The van der Waals surface area contributed by atoms with Crippen LogP contribution in [-0.2, 0) is 4.79 Å². The van der Waals surface area contributed by atoms with Gasteiger partial charge in [-0.05, 0) is 87.2 Å². The number of fused-ring (bicyclic) bond motifs is 1. The van der Waals surface area contributed by atoms with E-state index in [1.165, 1.54) is 50.1 Å². The molecule has 4 aliphatic carbocycles. The molecule has 1 N–H and O–H groups in total. The first-order valence-corrected chi connectivity index (χ1v) is 11.7. The molecule has 6 rings (SSSR count). The lowest BCUT2D eigenvalue weighted by Crippen LogP contribution is -2.56. The van der Waals surface area contributed by atoms with Crippen molar-refractivity contribution in [3.05, 3.63) is 34.6 Å². The summed E-state index contributed by atoms with van der Waals surface area (Å²) in [6, 6.07) is 7.41. The van der Waals surface area contributed by atoms with Crippen molar-refractivity contribution in [3.63, 3.8) is 0 Å². The van der Waals surface area contributed by atoms with Gasteiger partial charge in [-0.15, -0.1) is 0 Å². The fourth-order valence-corrected chi connectivity index (χ4v) is 7.98. The van der Waals surface area contributed by atoms with E-state index in [4.69, 9.17) is 0 Å². The molecule has 1 heterocycles. The molecule has 4 aliphatic rings. The third kappa shape index (κ3) is 2.85. The van der Waals surface area contributed by atoms with Crippen LogP contribution in [0, 0.1) is 23.2 Å². The van der Waals surface area contributed by atoms with Crippen molar-refractivity contribution in [2.75, 3.05) is 0 Å². The van der Waals surface area contributed by atoms with Crippen molar-refractivity contribution in [2.24, 2.45) is 23.2 Å². The van der Waals surface area contributed by atoms with Crippen molar-refractivity contribution in [1.82, 2.24) is 9.27 Å². The van der Waals surface area contributed by atoms with E-state index in [-0.39, 0.29) is 22.9 Å². The Kier molecular flexibility index (Phi) is 4.42. The van der Waals surface area contributed by atoms with E-state index >= 15 is 0 Å². The van der Waals surface area contributed by atoms with E-state index in [0.29, 0.717) is 11.8 Å². The topological polar surface area (TPSA) is 51.1 Å². The van der Waals surface area contributed by atoms with E-state index < -0.39 is 6.04 Å². The highest BCUT2D eigenvalue weighted by atomic mass is 32.1. The summed E-state index contributed by atoms with van der Waals surface area (Å²) in [4.78, 5) is 26.1. The van der Waals surface area contributed by atoms with E-state index in [0.717, 1.165) is 22.5 Å². The number of amides is 1. The molecule has 28 heavy (non-hydrogen) atoms. The highest BCUT2D eigenvalue weighted by molar-refractivity contribution is 7.14. The van der Waals surface area contributed by atoms with Gasteiger partial charge < -0.3 is 5.32 Å². The lowest BCUT2D eigenvalue weighted by atomic mass is 9.48. The molecular weight excluding hydrogens is 368 g/mol. The Bertz CT molecular complexity index is 924. The molecule has 4 fully saturated rings. The predicted molar refractivity (Wildman–Crippen MR) is 114 cm³/mol. The summed E-state index contributed by atoms with van der Waals surface area (Å²) in [6.07, 6.45) is 8.70. The Hall–Kier alpha value is -1.62. The quantitative estimate of drug-likeness (QED) is 0.791. The van der Waals surface area contributed by atoms with Crippen LogP contribution in [-0.4, -0.2) is 15.9 Å². The molecule has 1 aromatic heterocycles. The highest BCUT2D eigenvalue weighted by Crippen LogP contribution is 2.61. The smallest absolute Gasteiger partial charge is 0.269 e. The molecule has 2 atom stereocenters. The minimum Gasteiger partial charge on any atom is -0.351 e. The summed E-state index contributed by atoms with van der Waals surface area (Å²) >= 11 is 1.41. The fourth-order valence-electron chi connectivity index (χ4n) is 6.82. The third-order valence-electron chi connectivity index (χ3n) is 7.85. The van der Waals surface area contributed by atoms with Crippen LogP contribution in [0.25, 0.3) is 10.1 Å². The van der Waals surface area contributed by atoms with Gasteiger partial charge in [0.1, 0.15) is 6.04 Å². The molecule has 0 unspecified atom stereocenters. The molecule has 0 radical (unpaired) electrons. The van der Waals surface area contributed by atoms with Gasteiger partial charge in [-0.3, -0.25) is 13.5 Å². The summed E-state index contributed by atoms with van der Waals surface area (Å²) in [5, 5.41) is 4.08. The Morgan fingerprint density at radius 2 is 1.79 bits per heavy atom. The van der Waals surface area contributed by atoms with Crippen LogP contribution in [0.3, 0.4) is 0 Å². The summed E-state index contributed by atoms with van der Waals surface area (Å²) in [5.41, 5.74) is 0.249. The number of benzene rings is 1. The van der Waals surface area contributed by atoms with Gasteiger partial charge in [0.15, 0.2) is 0 Å². The molecule has 1 aromatic carbocycles. The van der Waals surface area contributed by atoms with Gasteiger partial charge >= 0.3 is 0 Å². The minimum atomic E-state index is -0.415. The molecule has 2 aromatic rings. The van der Waals surface area contributed by atoms with Crippen LogP contribution < -0.4 is 10.9 Å². The number of nitrogens with one attached hydrogen (secondary N) is 1. The van der Waals surface area contributed by atoms with Crippen LogP contribution in [0.4, 0.5) is 0 Å². The van der Waals surface area contributed by atoms with Gasteiger partial charge in [-0.25, -0.2) is 0 Å². The first-order valence-electron chi connectivity index (χ1n) is 10.9. The van der Waals surface area contributed by atoms with Gasteiger partial charge in [0.25, 0.3) is 5.56 Å². The summed E-state index contributed by atoms with van der Waals surface area (Å²) in [6.45, 7) is 4.21. The number of hydrogen-bond acceptors (Lipinski definition) is 3. The van der Waals surface area contributed by atoms with E-state index in [9.17, 15) is 9.59 Å². The molecule has 4 saturated carbocycles. The minimum absolute atomic E-state index is 0.0133. The number of rotatable bonds is 5. The van der Waals surface area contributed by atoms with Crippen molar-refractivity contribution in [2.45, 2.75) is 70.9 Å². The maximum atomic E-state index is 13.2. The first-order chi connectivity index (χ1) is 13.5. The zero-order chi connectivity index (χ0) is 19.5. The lowest BCUT2D eigenvalue weighted by Gasteiger charge is -2.59. The average molecular weight is 399 g/mol. The zero-order valence-electron chi connectivity index (χ0n) is 16.8. The Morgan fingerprint density at radius 1 is 1.18 bits per heavy atom. The number of carbonyl (C=O) groups excluding carboxylic acids is 1. The van der Waals surface area contributed by atoms with Crippen LogP contribution >= 0.6 is 11.5 Å². The molecule has 0 aliphatic heterocycles. The van der Waals surface area contributed by atoms with Gasteiger partial charge in [0.05, 0.1) is 10.1 Å². The predicted octanol–water partition coefficient (Wildman–Crippen LogP) is 4.74. The Balaban J connectivity index is 1.38. The Morgan fingerprint density at radius 3 is 2.36 bits per heavy atom. The van der Waals surface area contributed by atoms with Crippen molar-refractivity contribution < 1.29 is 4.79 Å². The third-order valence-corrected chi connectivity index (χ3v) is 9.02. The molecule has 150 valence electrons. The average Bonchev–Trinajstić information content (AvgIpc) is 2.98. The molecule has 4 nitrogen and oxygen atoms in total. The molecular formula is C23H30N2O2S. The monoisotopic (exact) mass is 398 g/mol. The maximum Gasteiger partial charge on any atom is 0.269 e. The molecule has 4 bridgehead atoms. The fraction of sp³-hybridized carbons (Fsp3) is 0.652. The largest absolute Gasteiger partial charge is 0.351 e. The second-order valence-corrected chi connectivity index (χ2v) is 10.7. The number of carbonyl (C=O) groups is 1. The Labute approximate surface area is 170 Å². The standard InChI is InChI=1S/C23H30N2O2S/c1-3-19(25-22(27)18-6-4-5-7-20(18)28-25)21(26)24-14(2)23-11-15-8-16(12-23)10-17(9-15)13-23/h4-7,14-17,19H,3,8-13H2,1-2H3,(H,24,26)/t14-,15?,16?,17?,19-,23?/m0/s1. The second kappa shape index (κ2) is 6.72. The highest BCUT2D eigenvalue weighted by Gasteiger charge is 2.53. The van der Waals surface area contributed by atoms with E-state index in [2.05, 4.69) is 12.2 Å². The molecule has 5 heteroatoms. The van der Waals surface area contributed by atoms with Gasteiger partial charge in [-0.1, -0.05) is 30.6 Å². The molecule has 0 spiro atoms. The van der Waals surface area contributed by atoms with Crippen LogP contribution in [0.1, 0.15) is 64.8 Å². The molecule has 1 amide bonds. The number of hydrogen-bond donors (Lipinski definition) is 1. The van der Waals surface area contributed by atoms with Crippen molar-refractivity contribution >= 4 is 27.5 Å². The SMILES string of the molecule is CC[C@@H](C(=O)N[C@@H](C)C12CC3CC(CC(C3)C1)C2)n1sc2ccccc2c1=O. The zero-order valence-corrected chi connectivity index (χ0v) is 17.6. The van der Waals surface area contributed by atoms with Gasteiger partial charge in [-0.2, -0.15) is 0 Å². The normalized spacial score (nSPS) is 33.1. The maximum absolute atomic E-state index is 13.2. The van der Waals surface area contributed by atoms with Crippen LogP contribution in [0.15, 0.2) is 29.1 Å². The van der Waals surface area contributed by atoms with Crippen LogP contribution in [0.5, 0.6) is 0 Å². The number of nitrogens with zero attached hydrogens (tertiary/aromatic N) is 1. The van der Waals surface area contributed by atoms with E-state index in [1.54, 1.807) is 3.96 Å². The summed E-state index contributed by atoms with van der Waals surface area (Å²) in [7, 11) is 0. The number of aromatic nitrogens is 1. The lowest BCUT2D eigenvalue weighted by molar-refractivity contribution is -0.129. The first kappa shape index (κ1) is 18.4. The summed E-state index contributed by atoms with van der Waals surface area (Å²) in [5.74, 6) is 2.63. The van der Waals surface area contributed by atoms with E-state index in [1.807, 2.05) is 31.2 Å². The molecule has 0 saturated heterocycles. The second-order valence-electron chi connectivity index (χ2n) is 9.65. The summed E-state index contributed by atoms with van der Waals surface area (Å²) < 4.78 is 2.64. The van der Waals surface area contributed by atoms with Crippen molar-refractivity contribution in [3.8, 4) is 0 Å².